The molecule has 10 heteroatoms. The summed E-state index contributed by atoms with van der Waals surface area (Å²) in [4.78, 5) is 23.5. The summed E-state index contributed by atoms with van der Waals surface area (Å²) in [7, 11) is 0. The normalized spacial score (nSPS) is 18.2. The van der Waals surface area contributed by atoms with Gasteiger partial charge in [-0.3, -0.25) is 4.79 Å². The van der Waals surface area contributed by atoms with Gasteiger partial charge in [0.1, 0.15) is 5.69 Å². The fourth-order valence-electron chi connectivity index (χ4n) is 4.50. The number of carbonyl (C=O) groups is 1. The van der Waals surface area contributed by atoms with Crippen LogP contribution in [0.25, 0.3) is 22.0 Å². The van der Waals surface area contributed by atoms with Crippen molar-refractivity contribution in [2.24, 2.45) is 0 Å². The molecule has 0 spiro atoms. The van der Waals surface area contributed by atoms with Crippen LogP contribution >= 0.6 is 22.7 Å². The molecule has 0 saturated carbocycles. The van der Waals surface area contributed by atoms with Crippen LogP contribution < -0.4 is 4.90 Å². The Morgan fingerprint density at radius 3 is 2.62 bits per heavy atom. The van der Waals surface area contributed by atoms with E-state index in [1.165, 1.54) is 4.88 Å². The fraction of sp³-hybridized carbons (Fsp3) is 0.333. The van der Waals surface area contributed by atoms with Gasteiger partial charge in [-0.1, -0.05) is 18.2 Å². The molecule has 1 fully saturated rings. The molecular weight excluding hydrogens is 468 g/mol. The third kappa shape index (κ3) is 3.81. The Bertz CT molecular complexity index is 1290. The van der Waals surface area contributed by atoms with E-state index in [-0.39, 0.29) is 11.9 Å². The van der Waals surface area contributed by atoms with E-state index in [9.17, 15) is 4.79 Å². The first kappa shape index (κ1) is 21.5. The second-order valence-corrected chi connectivity index (χ2v) is 10.2. The molecule has 5 heterocycles. The van der Waals surface area contributed by atoms with Gasteiger partial charge in [0.05, 0.1) is 19.3 Å². The molecule has 3 aromatic heterocycles. The monoisotopic (exact) mass is 492 g/mol. The molecule has 34 heavy (non-hydrogen) atoms. The van der Waals surface area contributed by atoms with Gasteiger partial charge < -0.3 is 19.1 Å². The molecule has 1 atom stereocenters. The Hall–Kier alpha value is -3.08. The zero-order chi connectivity index (χ0) is 23.1. The maximum Gasteiger partial charge on any atom is 0.254 e. The lowest BCUT2D eigenvalue weighted by atomic mass is 10.1. The van der Waals surface area contributed by atoms with Crippen LogP contribution in [0.15, 0.2) is 47.2 Å². The van der Waals surface area contributed by atoms with Crippen molar-refractivity contribution in [3.05, 3.63) is 58.5 Å². The van der Waals surface area contributed by atoms with E-state index in [2.05, 4.69) is 31.1 Å². The van der Waals surface area contributed by atoms with Crippen molar-refractivity contribution in [2.45, 2.75) is 19.5 Å². The Kier molecular flexibility index (Phi) is 5.64. The van der Waals surface area contributed by atoms with Crippen LogP contribution in [0.2, 0.25) is 0 Å². The minimum absolute atomic E-state index is 0.0179. The van der Waals surface area contributed by atoms with Crippen LogP contribution in [0.1, 0.15) is 29.1 Å². The number of nitrogens with zero attached hydrogens (tertiary/aromatic N) is 6. The van der Waals surface area contributed by atoms with Crippen LogP contribution in [0.3, 0.4) is 0 Å². The number of carbonyl (C=O) groups excluding carboxylic acids is 1. The number of rotatable bonds is 4. The van der Waals surface area contributed by atoms with E-state index in [1.54, 1.807) is 22.7 Å². The summed E-state index contributed by atoms with van der Waals surface area (Å²) in [6.07, 6.45) is 0. The average Bonchev–Trinajstić information content (AvgIpc) is 3.65. The van der Waals surface area contributed by atoms with Crippen molar-refractivity contribution >= 4 is 33.7 Å². The smallest absolute Gasteiger partial charge is 0.254 e. The summed E-state index contributed by atoms with van der Waals surface area (Å²) in [6.45, 7) is 6.43. The molecule has 1 amide bonds. The summed E-state index contributed by atoms with van der Waals surface area (Å²) in [5.41, 5.74) is 2.65. The van der Waals surface area contributed by atoms with Gasteiger partial charge in [0, 0.05) is 42.0 Å². The standard InChI is InChI=1S/C24H24N6O2S2/c1-16-21-26-27-22(19-15-34-24(25-19)28-10-12-32-13-11-28)30(21)9-8-29(16)23(31)18-6-4-17(5-7-18)20-3-2-14-33-20/h2-7,14-16H,8-13H2,1H3. The summed E-state index contributed by atoms with van der Waals surface area (Å²) >= 11 is 3.32. The maximum absolute atomic E-state index is 13.3. The van der Waals surface area contributed by atoms with Gasteiger partial charge in [-0.15, -0.1) is 32.9 Å². The van der Waals surface area contributed by atoms with Crippen molar-refractivity contribution in [3.63, 3.8) is 0 Å². The van der Waals surface area contributed by atoms with Gasteiger partial charge in [-0.2, -0.15) is 0 Å². The molecule has 6 rings (SSSR count). The lowest BCUT2D eigenvalue weighted by molar-refractivity contribution is 0.0638. The molecule has 0 bridgehead atoms. The van der Waals surface area contributed by atoms with Crippen molar-refractivity contribution in [2.75, 3.05) is 37.7 Å². The zero-order valence-electron chi connectivity index (χ0n) is 18.8. The number of amides is 1. The topological polar surface area (TPSA) is 76.4 Å². The second-order valence-electron chi connectivity index (χ2n) is 8.38. The third-order valence-electron chi connectivity index (χ3n) is 6.39. The van der Waals surface area contributed by atoms with E-state index < -0.39 is 0 Å². The first-order chi connectivity index (χ1) is 16.7. The number of thiazole rings is 1. The number of aromatic nitrogens is 4. The highest BCUT2D eigenvalue weighted by atomic mass is 32.1. The zero-order valence-corrected chi connectivity index (χ0v) is 20.4. The van der Waals surface area contributed by atoms with Gasteiger partial charge >= 0.3 is 0 Å². The highest BCUT2D eigenvalue weighted by molar-refractivity contribution is 7.14. The quantitative estimate of drug-likeness (QED) is 0.425. The lowest BCUT2D eigenvalue weighted by Crippen LogP contribution is -2.41. The average molecular weight is 493 g/mol. The van der Waals surface area contributed by atoms with Crippen molar-refractivity contribution in [1.82, 2.24) is 24.6 Å². The predicted octanol–water partition coefficient (Wildman–Crippen LogP) is 4.18. The van der Waals surface area contributed by atoms with Crippen LogP contribution in [0.4, 0.5) is 5.13 Å². The lowest BCUT2D eigenvalue weighted by Gasteiger charge is -2.33. The first-order valence-electron chi connectivity index (χ1n) is 11.4. The molecule has 8 nitrogen and oxygen atoms in total. The molecule has 1 unspecified atom stereocenters. The summed E-state index contributed by atoms with van der Waals surface area (Å²) in [6, 6.07) is 11.8. The van der Waals surface area contributed by atoms with E-state index >= 15 is 0 Å². The largest absolute Gasteiger partial charge is 0.378 e. The molecule has 2 aliphatic heterocycles. The van der Waals surface area contributed by atoms with Crippen LogP contribution in [-0.2, 0) is 11.3 Å². The molecule has 1 saturated heterocycles. The Morgan fingerprint density at radius 2 is 1.85 bits per heavy atom. The SMILES string of the molecule is CC1c2nnc(-c3csc(N4CCOCC4)n3)n2CCN1C(=O)c1ccc(-c2cccs2)cc1. The molecule has 2 aliphatic rings. The van der Waals surface area contributed by atoms with Crippen LogP contribution in [0, 0.1) is 0 Å². The Balaban J connectivity index is 1.21. The molecule has 1 aromatic carbocycles. The molecule has 0 aliphatic carbocycles. The van der Waals surface area contributed by atoms with Crippen molar-refractivity contribution < 1.29 is 9.53 Å². The van der Waals surface area contributed by atoms with Gasteiger partial charge in [-0.05, 0) is 36.1 Å². The number of hydrogen-bond acceptors (Lipinski definition) is 8. The highest BCUT2D eigenvalue weighted by Crippen LogP contribution is 2.32. The van der Waals surface area contributed by atoms with Gasteiger partial charge in [0.25, 0.3) is 5.91 Å². The molecule has 4 aromatic rings. The van der Waals surface area contributed by atoms with Gasteiger partial charge in [-0.25, -0.2) is 4.98 Å². The second kappa shape index (κ2) is 8.94. The predicted molar refractivity (Wildman–Crippen MR) is 133 cm³/mol. The van der Waals surface area contributed by atoms with Gasteiger partial charge in [0.15, 0.2) is 16.8 Å². The number of ether oxygens (including phenoxy) is 1. The van der Waals surface area contributed by atoms with E-state index in [1.807, 2.05) is 47.5 Å². The van der Waals surface area contributed by atoms with E-state index in [0.29, 0.717) is 18.7 Å². The minimum Gasteiger partial charge on any atom is -0.378 e. The maximum atomic E-state index is 13.3. The highest BCUT2D eigenvalue weighted by Gasteiger charge is 2.32. The van der Waals surface area contributed by atoms with E-state index in [4.69, 9.17) is 9.72 Å². The van der Waals surface area contributed by atoms with Crippen molar-refractivity contribution in [1.29, 1.82) is 0 Å². The number of thiophene rings is 1. The van der Waals surface area contributed by atoms with E-state index in [0.717, 1.165) is 54.3 Å². The molecule has 0 N–H and O–H groups in total. The summed E-state index contributed by atoms with van der Waals surface area (Å²) < 4.78 is 7.55. The van der Waals surface area contributed by atoms with Crippen molar-refractivity contribution in [3.8, 4) is 22.0 Å². The number of fused-ring (bicyclic) bond motifs is 1. The van der Waals surface area contributed by atoms with Crippen LogP contribution in [-0.4, -0.2) is 63.4 Å². The summed E-state index contributed by atoms with van der Waals surface area (Å²) in [5.74, 6) is 1.58. The summed E-state index contributed by atoms with van der Waals surface area (Å²) in [5, 5.41) is 14.0. The van der Waals surface area contributed by atoms with Gasteiger partial charge in [0.2, 0.25) is 0 Å². The minimum atomic E-state index is -0.170. The first-order valence-corrected chi connectivity index (χ1v) is 13.1. The number of anilines is 1. The Labute approximate surface area is 205 Å². The number of benzene rings is 1. The number of hydrogen-bond donors (Lipinski definition) is 0. The molecular formula is C24H24N6O2S2. The Morgan fingerprint density at radius 1 is 1.03 bits per heavy atom. The fourth-order valence-corrected chi connectivity index (χ4v) is 6.10. The van der Waals surface area contributed by atoms with Crippen LogP contribution in [0.5, 0.6) is 0 Å². The third-order valence-corrected chi connectivity index (χ3v) is 8.21. The number of morpholine rings is 1. The molecule has 174 valence electrons. The molecule has 0 radical (unpaired) electrons.